The number of nitrogen functional groups attached to an aromatic ring is 1. The van der Waals surface area contributed by atoms with E-state index in [-0.39, 0.29) is 24.2 Å². The monoisotopic (exact) mass is 490 g/mol. The Bertz CT molecular complexity index is 980. The Morgan fingerprint density at radius 3 is 2.84 bits per heavy atom. The summed E-state index contributed by atoms with van der Waals surface area (Å²) in [6, 6.07) is 5.48. The highest BCUT2D eigenvalue weighted by atomic mass is 79.9. The average Bonchev–Trinajstić information content (AvgIpc) is 3.13. The number of oxazole rings is 1. The number of carbonyl (C=O) groups excluding carboxylic acids is 2. The molecule has 2 aliphatic heterocycles. The van der Waals surface area contributed by atoms with Crippen LogP contribution in [0.2, 0.25) is 6.82 Å². The van der Waals surface area contributed by atoms with E-state index in [9.17, 15) is 14.6 Å². The third-order valence-corrected chi connectivity index (χ3v) is 6.32. The molecule has 0 atom stereocenters. The SMILES string of the molecule is CB(O)N1CC(CN2CCN(c3ccc(Br)c(NC(=O)c4coc(N)n4)c3)CC2=O)C1. The molecule has 0 radical (unpaired) electrons. The second kappa shape index (κ2) is 8.89. The van der Waals surface area contributed by atoms with Gasteiger partial charge >= 0.3 is 7.05 Å². The van der Waals surface area contributed by atoms with Gasteiger partial charge in [-0.15, -0.1) is 0 Å². The minimum atomic E-state index is -0.439. The third-order valence-electron chi connectivity index (χ3n) is 5.63. The Morgan fingerprint density at radius 1 is 1.42 bits per heavy atom. The van der Waals surface area contributed by atoms with Crippen molar-refractivity contribution in [2.75, 3.05) is 55.2 Å². The van der Waals surface area contributed by atoms with E-state index in [1.165, 1.54) is 6.26 Å². The number of rotatable bonds is 6. The summed E-state index contributed by atoms with van der Waals surface area (Å²) in [5, 5.41) is 12.3. The maximum atomic E-state index is 12.7. The lowest BCUT2D eigenvalue weighted by Crippen LogP contribution is -2.59. The van der Waals surface area contributed by atoms with Crippen molar-refractivity contribution in [1.82, 2.24) is 14.7 Å². The first-order chi connectivity index (χ1) is 14.8. The minimum absolute atomic E-state index is 0.0742. The van der Waals surface area contributed by atoms with E-state index in [0.29, 0.717) is 29.2 Å². The van der Waals surface area contributed by atoms with Gasteiger partial charge in [-0.25, -0.2) is 0 Å². The smallest absolute Gasteiger partial charge is 0.376 e. The number of anilines is 3. The number of nitrogens with one attached hydrogen (secondary N) is 1. The highest BCUT2D eigenvalue weighted by Crippen LogP contribution is 2.29. The van der Waals surface area contributed by atoms with E-state index in [1.807, 2.05) is 32.8 Å². The van der Waals surface area contributed by atoms with Crippen molar-refractivity contribution < 1.29 is 19.0 Å². The lowest BCUT2D eigenvalue weighted by atomic mass is 9.78. The number of carbonyl (C=O) groups is 2. The van der Waals surface area contributed by atoms with Gasteiger partial charge in [0.1, 0.15) is 6.26 Å². The number of hydrogen-bond acceptors (Lipinski definition) is 8. The molecule has 2 aliphatic rings. The second-order valence-corrected chi connectivity index (χ2v) is 8.76. The van der Waals surface area contributed by atoms with Gasteiger partial charge in [0.25, 0.3) is 11.9 Å². The summed E-state index contributed by atoms with van der Waals surface area (Å²) in [5.74, 6) is 0.0458. The van der Waals surface area contributed by atoms with Crippen LogP contribution in [0.3, 0.4) is 0 Å². The van der Waals surface area contributed by atoms with E-state index in [0.717, 1.165) is 25.3 Å². The molecule has 1 aromatic carbocycles. The molecule has 0 aliphatic carbocycles. The third kappa shape index (κ3) is 4.86. The van der Waals surface area contributed by atoms with Gasteiger partial charge in [-0.05, 0) is 54.0 Å². The van der Waals surface area contributed by atoms with Crippen molar-refractivity contribution >= 4 is 52.2 Å². The van der Waals surface area contributed by atoms with Crippen LogP contribution in [0.25, 0.3) is 0 Å². The van der Waals surface area contributed by atoms with Crippen molar-refractivity contribution in [3.05, 3.63) is 34.6 Å². The van der Waals surface area contributed by atoms with Crippen molar-refractivity contribution in [2.45, 2.75) is 6.82 Å². The molecular formula is C19H24BBrN6O4. The zero-order chi connectivity index (χ0) is 22.1. The van der Waals surface area contributed by atoms with Crippen molar-refractivity contribution in [1.29, 1.82) is 0 Å². The van der Waals surface area contributed by atoms with E-state index in [1.54, 1.807) is 6.82 Å². The zero-order valence-electron chi connectivity index (χ0n) is 17.1. The molecule has 0 saturated carbocycles. The van der Waals surface area contributed by atoms with Gasteiger partial charge in [0.05, 0.1) is 12.2 Å². The van der Waals surface area contributed by atoms with Crippen molar-refractivity contribution in [3.63, 3.8) is 0 Å². The lowest BCUT2D eigenvalue weighted by molar-refractivity contribution is -0.132. The van der Waals surface area contributed by atoms with Crippen LogP contribution >= 0.6 is 15.9 Å². The van der Waals surface area contributed by atoms with Gasteiger partial charge in [0.2, 0.25) is 5.91 Å². The van der Waals surface area contributed by atoms with E-state index < -0.39 is 13.0 Å². The number of nitrogens with two attached hydrogens (primary N) is 1. The molecule has 4 N–H and O–H groups in total. The summed E-state index contributed by atoms with van der Waals surface area (Å²) < 4.78 is 5.59. The van der Waals surface area contributed by atoms with Crippen LogP contribution in [0, 0.1) is 5.92 Å². The summed E-state index contributed by atoms with van der Waals surface area (Å²) in [4.78, 5) is 34.8. The van der Waals surface area contributed by atoms with Crippen molar-refractivity contribution in [3.8, 4) is 0 Å². The molecule has 31 heavy (non-hydrogen) atoms. The molecule has 164 valence electrons. The normalized spacial score (nSPS) is 17.6. The van der Waals surface area contributed by atoms with Gasteiger partial charge in [-0.2, -0.15) is 4.98 Å². The molecule has 1 aromatic heterocycles. The summed E-state index contributed by atoms with van der Waals surface area (Å²) in [6.45, 7) is 5.74. The molecule has 12 heteroatoms. The quantitative estimate of drug-likeness (QED) is 0.511. The Kier molecular flexibility index (Phi) is 6.21. The lowest BCUT2D eigenvalue weighted by Gasteiger charge is -2.44. The average molecular weight is 491 g/mol. The number of amides is 2. The molecule has 10 nitrogen and oxygen atoms in total. The van der Waals surface area contributed by atoms with E-state index >= 15 is 0 Å². The number of piperazine rings is 1. The molecule has 3 heterocycles. The predicted molar refractivity (Wildman–Crippen MR) is 121 cm³/mol. The molecule has 2 saturated heterocycles. The minimum Gasteiger partial charge on any atom is -0.437 e. The first-order valence-electron chi connectivity index (χ1n) is 10.1. The van der Waals surface area contributed by atoms with Crippen LogP contribution < -0.4 is 16.0 Å². The molecule has 2 amide bonds. The molecule has 2 fully saturated rings. The largest absolute Gasteiger partial charge is 0.437 e. The highest BCUT2D eigenvalue weighted by Gasteiger charge is 2.35. The molecule has 2 aromatic rings. The summed E-state index contributed by atoms with van der Waals surface area (Å²) in [7, 11) is -0.433. The number of hydrogen-bond donors (Lipinski definition) is 3. The summed E-state index contributed by atoms with van der Waals surface area (Å²) in [5.41, 5.74) is 6.92. The van der Waals surface area contributed by atoms with Crippen LogP contribution in [0.15, 0.2) is 33.4 Å². The Labute approximate surface area is 188 Å². The summed E-state index contributed by atoms with van der Waals surface area (Å²) >= 11 is 3.44. The van der Waals surface area contributed by atoms with Gasteiger partial charge < -0.3 is 35.1 Å². The molecule has 4 rings (SSSR count). The van der Waals surface area contributed by atoms with Crippen LogP contribution in [-0.4, -0.2) is 77.9 Å². The van der Waals surface area contributed by atoms with E-state index in [4.69, 9.17) is 10.2 Å². The Morgan fingerprint density at radius 2 is 2.19 bits per heavy atom. The fourth-order valence-corrected chi connectivity index (χ4v) is 4.19. The predicted octanol–water partition coefficient (Wildman–Crippen LogP) is 0.962. The summed E-state index contributed by atoms with van der Waals surface area (Å²) in [6.07, 6.45) is 1.20. The Balaban J connectivity index is 1.36. The van der Waals surface area contributed by atoms with Gasteiger partial charge in [0.15, 0.2) is 5.69 Å². The molecule has 0 bridgehead atoms. The Hall–Kier alpha value is -2.57. The maximum Gasteiger partial charge on any atom is 0.376 e. The molecule has 0 unspecified atom stereocenters. The highest BCUT2D eigenvalue weighted by molar-refractivity contribution is 9.10. The molecule has 0 spiro atoms. The topological polar surface area (TPSA) is 128 Å². The molecular weight excluding hydrogens is 467 g/mol. The van der Waals surface area contributed by atoms with Crippen molar-refractivity contribution in [2.24, 2.45) is 5.92 Å². The van der Waals surface area contributed by atoms with Gasteiger partial charge in [-0.1, -0.05) is 0 Å². The van der Waals surface area contributed by atoms with Crippen LogP contribution in [0.5, 0.6) is 0 Å². The first-order valence-corrected chi connectivity index (χ1v) is 10.9. The van der Waals surface area contributed by atoms with Crippen LogP contribution in [0.1, 0.15) is 10.5 Å². The zero-order valence-corrected chi connectivity index (χ0v) is 18.7. The number of aromatic nitrogens is 1. The second-order valence-electron chi connectivity index (χ2n) is 7.90. The fourth-order valence-electron chi connectivity index (χ4n) is 3.85. The number of nitrogens with zero attached hydrogens (tertiary/aromatic N) is 4. The van der Waals surface area contributed by atoms with Gasteiger partial charge in [0, 0.05) is 35.7 Å². The standard InChI is InChI=1S/C19H24BBrN6O4/c1-20(30)27-8-12(9-27)7-26-5-4-25(10-17(26)28)13-2-3-14(21)15(6-13)23-18(29)16-11-31-19(22)24-16/h2-3,6,11-12,30H,4-5,7-10H2,1H3,(H2,22,24)(H,23,29). The van der Waals surface area contributed by atoms with Crippen LogP contribution in [0.4, 0.5) is 17.4 Å². The van der Waals surface area contributed by atoms with E-state index in [2.05, 4.69) is 26.2 Å². The fraction of sp³-hybridized carbons (Fsp3) is 0.421. The van der Waals surface area contributed by atoms with Crippen LogP contribution in [-0.2, 0) is 4.79 Å². The first kappa shape index (κ1) is 21.7. The maximum absolute atomic E-state index is 12.7. The number of benzene rings is 1. The number of halogens is 1. The van der Waals surface area contributed by atoms with Gasteiger partial charge in [-0.3, -0.25) is 9.59 Å².